The van der Waals surface area contributed by atoms with Crippen LogP contribution in [0.3, 0.4) is 0 Å². The van der Waals surface area contributed by atoms with Crippen LogP contribution in [0.1, 0.15) is 150 Å². The van der Waals surface area contributed by atoms with E-state index in [9.17, 15) is 4.79 Å². The van der Waals surface area contributed by atoms with Crippen molar-refractivity contribution in [1.82, 2.24) is 4.90 Å². The highest BCUT2D eigenvalue weighted by Gasteiger charge is 2.46. The van der Waals surface area contributed by atoms with Crippen molar-refractivity contribution in [2.45, 2.75) is 167 Å². The number of likely N-dealkylation sites (tertiary alicyclic amines) is 1. The topological polar surface area (TPSA) is 49.8 Å². The first-order chi connectivity index (χ1) is 15.2. The molecule has 0 amide bonds. The van der Waals surface area contributed by atoms with Gasteiger partial charge in [0.25, 0.3) is 0 Å². The van der Waals surface area contributed by atoms with Crippen molar-refractivity contribution >= 4 is 6.16 Å². The predicted octanol–water partition coefficient (Wildman–Crippen LogP) is 8.96. The van der Waals surface area contributed by atoms with Gasteiger partial charge >= 0.3 is 6.16 Å². The van der Waals surface area contributed by atoms with Gasteiger partial charge in [0, 0.05) is 23.9 Å². The minimum Gasteiger partial charge on any atom is -0.450 e. The number of rotatable bonds is 18. The Morgan fingerprint density at radius 1 is 0.719 bits per heavy atom. The summed E-state index contributed by atoms with van der Waals surface area (Å²) >= 11 is 0. The molecule has 0 spiro atoms. The lowest BCUT2D eigenvalue weighted by Gasteiger charge is -2.54. The van der Waals surface area contributed by atoms with E-state index >= 15 is 0 Å². The molecule has 4 heteroatoms. The Bertz CT molecular complexity index is 471. The highest BCUT2D eigenvalue weighted by molar-refractivity contribution is 5.57. The van der Waals surface area contributed by atoms with Gasteiger partial charge in [-0.15, -0.1) is 0 Å². The third kappa shape index (κ3) is 12.5. The van der Waals surface area contributed by atoms with Crippen LogP contribution in [0.4, 0.5) is 4.79 Å². The van der Waals surface area contributed by atoms with Crippen LogP contribution in [-0.2, 0) is 4.74 Å². The second-order valence-corrected chi connectivity index (χ2v) is 11.5. The van der Waals surface area contributed by atoms with Gasteiger partial charge in [0.1, 0.15) is 6.10 Å². The lowest BCUT2D eigenvalue weighted by atomic mass is 9.78. The Morgan fingerprint density at radius 3 is 1.41 bits per heavy atom. The maximum absolute atomic E-state index is 11.0. The zero-order valence-corrected chi connectivity index (χ0v) is 22.2. The van der Waals surface area contributed by atoms with E-state index in [0.717, 1.165) is 19.4 Å². The Labute approximate surface area is 199 Å². The van der Waals surface area contributed by atoms with Crippen LogP contribution in [0, 0.1) is 0 Å². The highest BCUT2D eigenvalue weighted by atomic mass is 16.7. The van der Waals surface area contributed by atoms with Crippen molar-refractivity contribution in [3.63, 3.8) is 0 Å². The average Bonchev–Trinajstić information content (AvgIpc) is 2.67. The summed E-state index contributed by atoms with van der Waals surface area (Å²) in [4.78, 5) is 13.6. The molecule has 0 aromatic rings. The molecule has 1 aliphatic heterocycles. The van der Waals surface area contributed by atoms with E-state index in [4.69, 9.17) is 9.84 Å². The van der Waals surface area contributed by atoms with Crippen molar-refractivity contribution < 1.29 is 14.6 Å². The summed E-state index contributed by atoms with van der Waals surface area (Å²) in [7, 11) is 0. The Morgan fingerprint density at radius 2 is 1.06 bits per heavy atom. The lowest BCUT2D eigenvalue weighted by Crippen LogP contribution is -2.62. The fraction of sp³-hybridized carbons (Fsp3) is 0.964. The molecule has 1 N–H and O–H groups in total. The zero-order valence-electron chi connectivity index (χ0n) is 22.2. The molecule has 1 aliphatic rings. The molecule has 1 fully saturated rings. The van der Waals surface area contributed by atoms with Crippen LogP contribution in [0.25, 0.3) is 0 Å². The lowest BCUT2D eigenvalue weighted by molar-refractivity contribution is -0.0904. The number of ether oxygens (including phenoxy) is 1. The molecule has 190 valence electrons. The second-order valence-electron chi connectivity index (χ2n) is 11.5. The molecule has 1 heterocycles. The van der Waals surface area contributed by atoms with Crippen molar-refractivity contribution in [1.29, 1.82) is 0 Å². The van der Waals surface area contributed by atoms with E-state index in [1.165, 1.54) is 103 Å². The largest absolute Gasteiger partial charge is 0.506 e. The second kappa shape index (κ2) is 16.0. The fourth-order valence-corrected chi connectivity index (χ4v) is 5.88. The predicted molar refractivity (Wildman–Crippen MR) is 137 cm³/mol. The molecule has 0 unspecified atom stereocenters. The van der Waals surface area contributed by atoms with Gasteiger partial charge in [-0.2, -0.15) is 0 Å². The SMILES string of the molecule is CCCCCCCCCCCCCCCCCCN1C(C)(C)CC(OC(=O)O)CC1(C)C. The first kappa shape index (κ1) is 29.3. The van der Waals surface area contributed by atoms with E-state index in [0.29, 0.717) is 0 Å². The molecule has 1 saturated heterocycles. The van der Waals surface area contributed by atoms with Gasteiger partial charge in [-0.3, -0.25) is 4.90 Å². The van der Waals surface area contributed by atoms with Crippen LogP contribution in [0.15, 0.2) is 0 Å². The Balaban J connectivity index is 2.03. The van der Waals surface area contributed by atoms with Gasteiger partial charge < -0.3 is 9.84 Å². The molecule has 1 rings (SSSR count). The van der Waals surface area contributed by atoms with Crippen LogP contribution in [-0.4, -0.2) is 39.9 Å². The van der Waals surface area contributed by atoms with E-state index in [-0.39, 0.29) is 17.2 Å². The van der Waals surface area contributed by atoms with Crippen LogP contribution in [0.5, 0.6) is 0 Å². The van der Waals surface area contributed by atoms with Gasteiger partial charge in [0.05, 0.1) is 0 Å². The van der Waals surface area contributed by atoms with Gasteiger partial charge in [0.15, 0.2) is 0 Å². The molecule has 0 aliphatic carbocycles. The normalized spacial score (nSPS) is 18.7. The molecule has 0 aromatic heterocycles. The number of nitrogens with zero attached hydrogens (tertiary/aromatic N) is 1. The first-order valence-corrected chi connectivity index (χ1v) is 13.9. The molecule has 0 saturated carbocycles. The molecular formula is C28H55NO3. The third-order valence-electron chi connectivity index (χ3n) is 7.42. The van der Waals surface area contributed by atoms with E-state index in [1.54, 1.807) is 0 Å². The number of unbranched alkanes of at least 4 members (excludes halogenated alkanes) is 15. The molecule has 32 heavy (non-hydrogen) atoms. The van der Waals surface area contributed by atoms with Crippen molar-refractivity contribution in [3.05, 3.63) is 0 Å². The van der Waals surface area contributed by atoms with Crippen molar-refractivity contribution in [3.8, 4) is 0 Å². The maximum Gasteiger partial charge on any atom is 0.506 e. The Hall–Kier alpha value is -0.770. The smallest absolute Gasteiger partial charge is 0.450 e. The van der Waals surface area contributed by atoms with Gasteiger partial charge in [-0.05, 0) is 40.7 Å². The van der Waals surface area contributed by atoms with Gasteiger partial charge in [-0.25, -0.2) is 4.79 Å². The van der Waals surface area contributed by atoms with Gasteiger partial charge in [-0.1, -0.05) is 103 Å². The number of carboxylic acid groups (broad SMARTS) is 1. The number of hydrogen-bond acceptors (Lipinski definition) is 3. The quantitative estimate of drug-likeness (QED) is 0.166. The van der Waals surface area contributed by atoms with Gasteiger partial charge in [0.2, 0.25) is 0 Å². The van der Waals surface area contributed by atoms with E-state index in [1.807, 2.05) is 0 Å². The molecule has 4 nitrogen and oxygen atoms in total. The van der Waals surface area contributed by atoms with Crippen LogP contribution >= 0.6 is 0 Å². The van der Waals surface area contributed by atoms with E-state index in [2.05, 4.69) is 39.5 Å². The van der Waals surface area contributed by atoms with E-state index < -0.39 is 6.16 Å². The zero-order chi connectivity index (χ0) is 23.9. The number of hydrogen-bond donors (Lipinski definition) is 1. The summed E-state index contributed by atoms with van der Waals surface area (Å²) in [5, 5.41) is 9.00. The summed E-state index contributed by atoms with van der Waals surface area (Å²) in [6, 6.07) is 0. The molecule has 0 atom stereocenters. The number of carbonyl (C=O) groups is 1. The fourth-order valence-electron chi connectivity index (χ4n) is 5.88. The summed E-state index contributed by atoms with van der Waals surface area (Å²) < 4.78 is 5.14. The minimum atomic E-state index is -1.15. The summed E-state index contributed by atoms with van der Waals surface area (Å²) in [5.74, 6) is 0. The summed E-state index contributed by atoms with van der Waals surface area (Å²) in [5.41, 5.74) is -0.0608. The Kier molecular flexibility index (Phi) is 14.6. The first-order valence-electron chi connectivity index (χ1n) is 13.9. The minimum absolute atomic E-state index is 0.0304. The van der Waals surface area contributed by atoms with Crippen molar-refractivity contribution in [2.24, 2.45) is 0 Å². The van der Waals surface area contributed by atoms with Crippen LogP contribution in [0.2, 0.25) is 0 Å². The van der Waals surface area contributed by atoms with Crippen molar-refractivity contribution in [2.75, 3.05) is 6.54 Å². The summed E-state index contributed by atoms with van der Waals surface area (Å²) in [6.45, 7) is 12.3. The number of piperidine rings is 1. The molecule has 0 radical (unpaired) electrons. The molecule has 0 aromatic carbocycles. The standard InChI is InChI=1S/C28H55NO3/c1-6-7-8-9-10-11-12-13-14-15-16-17-18-19-20-21-22-29-27(2,3)23-25(32-26(30)31)24-28(29,4)5/h25H,6-24H2,1-5H3,(H,30,31). The molecule has 0 bridgehead atoms. The monoisotopic (exact) mass is 453 g/mol. The highest BCUT2D eigenvalue weighted by Crippen LogP contribution is 2.39. The average molecular weight is 454 g/mol. The van der Waals surface area contributed by atoms with Crippen LogP contribution < -0.4 is 0 Å². The molecular weight excluding hydrogens is 398 g/mol. The summed E-state index contributed by atoms with van der Waals surface area (Å²) in [6.07, 6.45) is 22.5. The third-order valence-corrected chi connectivity index (χ3v) is 7.42. The maximum atomic E-state index is 11.0.